The summed E-state index contributed by atoms with van der Waals surface area (Å²) in [6, 6.07) is 5.86. The van der Waals surface area contributed by atoms with Crippen LogP contribution in [0.3, 0.4) is 0 Å². The van der Waals surface area contributed by atoms with E-state index >= 15 is 0 Å². The van der Waals surface area contributed by atoms with E-state index in [9.17, 15) is 23.5 Å². The highest BCUT2D eigenvalue weighted by Crippen LogP contribution is 2.35. The molecule has 0 aliphatic carbocycles. The standard InChI is InChI=1S/C24H19ClF2N6O3/c1-11(29-17-3-4-18(25)30-22(17)24(35)36)16-6-15(27)10-33-20(34)7-19(31-23(16)33)32-9-13-5-14(26)8-28-21(13)12(32)2/h3-8,10-12,29H,9H2,1-2H3,(H,35,36)/t11-,12+/m1/s1. The Morgan fingerprint density at radius 3 is 2.75 bits per heavy atom. The Labute approximate surface area is 208 Å². The molecule has 4 aromatic rings. The number of anilines is 2. The third-order valence-corrected chi connectivity index (χ3v) is 6.32. The molecule has 0 amide bonds. The van der Waals surface area contributed by atoms with Gasteiger partial charge in [-0.15, -0.1) is 0 Å². The molecule has 1 aliphatic rings. The number of aromatic carboxylic acids is 1. The summed E-state index contributed by atoms with van der Waals surface area (Å²) in [5.41, 5.74) is 1.22. The van der Waals surface area contributed by atoms with Crippen LogP contribution in [0.15, 0.2) is 47.5 Å². The van der Waals surface area contributed by atoms with Crippen molar-refractivity contribution >= 4 is 34.7 Å². The summed E-state index contributed by atoms with van der Waals surface area (Å²) in [6.07, 6.45) is 2.18. The van der Waals surface area contributed by atoms with E-state index in [0.29, 0.717) is 29.2 Å². The normalized spacial score (nSPS) is 15.7. The zero-order chi connectivity index (χ0) is 25.7. The molecule has 0 saturated carbocycles. The Morgan fingerprint density at radius 1 is 1.22 bits per heavy atom. The van der Waals surface area contributed by atoms with Crippen molar-refractivity contribution < 1.29 is 18.7 Å². The summed E-state index contributed by atoms with van der Waals surface area (Å²) in [5.74, 6) is -2.09. The average Bonchev–Trinajstić information content (AvgIpc) is 3.15. The van der Waals surface area contributed by atoms with Crippen LogP contribution >= 0.6 is 11.6 Å². The maximum absolute atomic E-state index is 14.5. The summed E-state index contributed by atoms with van der Waals surface area (Å²) < 4.78 is 29.3. The average molecular weight is 513 g/mol. The van der Waals surface area contributed by atoms with Gasteiger partial charge in [-0.25, -0.2) is 23.5 Å². The van der Waals surface area contributed by atoms with Gasteiger partial charge in [0.05, 0.1) is 29.7 Å². The molecule has 0 fully saturated rings. The first-order chi connectivity index (χ1) is 17.1. The zero-order valence-electron chi connectivity index (χ0n) is 19.0. The minimum Gasteiger partial charge on any atom is -0.476 e. The first-order valence-corrected chi connectivity index (χ1v) is 11.3. The molecule has 1 aliphatic heterocycles. The van der Waals surface area contributed by atoms with E-state index < -0.39 is 29.2 Å². The minimum absolute atomic E-state index is 0.00905. The highest BCUT2D eigenvalue weighted by Gasteiger charge is 2.30. The second-order valence-electron chi connectivity index (χ2n) is 8.46. The molecule has 12 heteroatoms. The number of carbonyl (C=O) groups is 1. The first kappa shape index (κ1) is 23.6. The molecular weight excluding hydrogens is 494 g/mol. The lowest BCUT2D eigenvalue weighted by Gasteiger charge is -2.24. The second-order valence-corrected chi connectivity index (χ2v) is 8.85. The van der Waals surface area contributed by atoms with Gasteiger partial charge in [0.15, 0.2) is 5.69 Å². The van der Waals surface area contributed by atoms with Crippen LogP contribution in [-0.2, 0) is 6.54 Å². The lowest BCUT2D eigenvalue weighted by atomic mass is 10.1. The van der Waals surface area contributed by atoms with Crippen molar-refractivity contribution in [3.05, 3.63) is 92.4 Å². The largest absolute Gasteiger partial charge is 0.476 e. The Morgan fingerprint density at radius 2 is 2.00 bits per heavy atom. The number of carboxylic acid groups (broad SMARTS) is 1. The van der Waals surface area contributed by atoms with Gasteiger partial charge >= 0.3 is 5.97 Å². The van der Waals surface area contributed by atoms with Crippen molar-refractivity contribution in [3.63, 3.8) is 0 Å². The Kier molecular flexibility index (Phi) is 5.79. The molecule has 184 valence electrons. The fourth-order valence-electron chi connectivity index (χ4n) is 4.41. The molecule has 0 saturated heterocycles. The van der Waals surface area contributed by atoms with E-state index in [4.69, 9.17) is 11.6 Å². The predicted octanol–water partition coefficient (Wildman–Crippen LogP) is 4.37. The van der Waals surface area contributed by atoms with Crippen LogP contribution in [0.4, 0.5) is 20.3 Å². The second kappa shape index (κ2) is 8.83. The number of pyridine rings is 3. The minimum atomic E-state index is -1.29. The monoisotopic (exact) mass is 512 g/mol. The van der Waals surface area contributed by atoms with Crippen molar-refractivity contribution in [1.29, 1.82) is 0 Å². The molecule has 0 spiro atoms. The molecule has 2 atom stereocenters. The third-order valence-electron chi connectivity index (χ3n) is 6.11. The summed E-state index contributed by atoms with van der Waals surface area (Å²) in [6.45, 7) is 3.85. The maximum Gasteiger partial charge on any atom is 0.356 e. The summed E-state index contributed by atoms with van der Waals surface area (Å²) in [7, 11) is 0. The van der Waals surface area contributed by atoms with E-state index in [0.717, 1.165) is 16.8 Å². The summed E-state index contributed by atoms with van der Waals surface area (Å²) in [5, 5.41) is 12.5. The van der Waals surface area contributed by atoms with Gasteiger partial charge in [-0.05, 0) is 43.7 Å². The number of nitrogens with one attached hydrogen (secondary N) is 1. The third kappa shape index (κ3) is 4.11. The Bertz CT molecular complexity index is 1590. The molecule has 0 unspecified atom stereocenters. The SMILES string of the molecule is C[C@@H](Nc1ccc(Cl)nc1C(=O)O)c1cc(F)cn2c(=O)cc(N3Cc4cc(F)cnc4[C@@H]3C)nc12. The van der Waals surface area contributed by atoms with E-state index in [1.807, 2.05) is 11.8 Å². The number of hydrogen-bond acceptors (Lipinski definition) is 7. The van der Waals surface area contributed by atoms with Crippen molar-refractivity contribution in [2.45, 2.75) is 32.5 Å². The van der Waals surface area contributed by atoms with Crippen LogP contribution in [0.1, 0.15) is 53.2 Å². The van der Waals surface area contributed by atoms with Crippen LogP contribution in [0, 0.1) is 11.6 Å². The lowest BCUT2D eigenvalue weighted by molar-refractivity contribution is 0.0691. The van der Waals surface area contributed by atoms with Gasteiger partial charge in [0.25, 0.3) is 5.56 Å². The summed E-state index contributed by atoms with van der Waals surface area (Å²) in [4.78, 5) is 39.1. The molecule has 5 heterocycles. The lowest BCUT2D eigenvalue weighted by Crippen LogP contribution is -2.25. The van der Waals surface area contributed by atoms with Gasteiger partial charge in [0, 0.05) is 24.4 Å². The number of fused-ring (bicyclic) bond motifs is 2. The molecule has 2 N–H and O–H groups in total. The Balaban J connectivity index is 1.58. The molecule has 9 nitrogen and oxygen atoms in total. The number of aromatic nitrogens is 4. The van der Waals surface area contributed by atoms with Crippen LogP contribution in [-0.4, -0.2) is 30.4 Å². The predicted molar refractivity (Wildman–Crippen MR) is 128 cm³/mol. The zero-order valence-corrected chi connectivity index (χ0v) is 19.8. The molecule has 5 rings (SSSR count). The molecule has 0 bridgehead atoms. The number of halogens is 3. The molecule has 4 aromatic heterocycles. The topological polar surface area (TPSA) is 113 Å². The highest BCUT2D eigenvalue weighted by molar-refractivity contribution is 6.29. The maximum atomic E-state index is 14.5. The van der Waals surface area contributed by atoms with Gasteiger partial charge in [-0.2, -0.15) is 0 Å². The van der Waals surface area contributed by atoms with E-state index in [2.05, 4.69) is 20.3 Å². The van der Waals surface area contributed by atoms with Crippen LogP contribution in [0.25, 0.3) is 5.65 Å². The molecule has 0 radical (unpaired) electrons. The van der Waals surface area contributed by atoms with E-state index in [1.54, 1.807) is 6.92 Å². The smallest absolute Gasteiger partial charge is 0.356 e. The van der Waals surface area contributed by atoms with Crippen LogP contribution < -0.4 is 15.8 Å². The van der Waals surface area contributed by atoms with Crippen molar-refractivity contribution in [2.24, 2.45) is 0 Å². The van der Waals surface area contributed by atoms with Crippen molar-refractivity contribution in [2.75, 3.05) is 10.2 Å². The van der Waals surface area contributed by atoms with Gasteiger partial charge in [-0.1, -0.05) is 11.6 Å². The van der Waals surface area contributed by atoms with Crippen molar-refractivity contribution in [3.8, 4) is 0 Å². The number of hydrogen-bond donors (Lipinski definition) is 2. The summed E-state index contributed by atoms with van der Waals surface area (Å²) >= 11 is 5.83. The number of rotatable bonds is 5. The van der Waals surface area contributed by atoms with Crippen molar-refractivity contribution in [1.82, 2.24) is 19.4 Å². The van der Waals surface area contributed by atoms with E-state index in [1.165, 1.54) is 30.3 Å². The highest BCUT2D eigenvalue weighted by atomic mass is 35.5. The van der Waals surface area contributed by atoms with Crippen LogP contribution in [0.5, 0.6) is 0 Å². The Hall–Kier alpha value is -4.12. The fraction of sp³-hybridized carbons (Fsp3) is 0.208. The van der Waals surface area contributed by atoms with Gasteiger partial charge in [0.2, 0.25) is 0 Å². The number of nitrogens with zero attached hydrogens (tertiary/aromatic N) is 5. The van der Waals surface area contributed by atoms with Gasteiger partial charge in [0.1, 0.15) is 28.3 Å². The van der Waals surface area contributed by atoms with E-state index in [-0.39, 0.29) is 28.2 Å². The quantitative estimate of drug-likeness (QED) is 0.379. The number of carboxylic acids is 1. The van der Waals surface area contributed by atoms with Gasteiger partial charge in [-0.3, -0.25) is 14.2 Å². The molecular formula is C24H19ClF2N6O3. The van der Waals surface area contributed by atoms with Crippen LogP contribution in [0.2, 0.25) is 5.15 Å². The fourth-order valence-corrected chi connectivity index (χ4v) is 4.56. The first-order valence-electron chi connectivity index (χ1n) is 10.9. The van der Waals surface area contributed by atoms with Gasteiger partial charge < -0.3 is 15.3 Å². The molecule has 0 aromatic carbocycles. The molecule has 36 heavy (non-hydrogen) atoms.